The van der Waals surface area contributed by atoms with Crippen molar-refractivity contribution in [2.45, 2.75) is 39.3 Å². The van der Waals surface area contributed by atoms with Crippen molar-refractivity contribution in [2.24, 2.45) is 11.7 Å². The predicted octanol–water partition coefficient (Wildman–Crippen LogP) is 2.70. The summed E-state index contributed by atoms with van der Waals surface area (Å²) >= 11 is 0. The van der Waals surface area contributed by atoms with Crippen LogP contribution in [0.2, 0.25) is 0 Å². The number of carbonyl (C=O) groups excluding carboxylic acids is 1. The van der Waals surface area contributed by atoms with Gasteiger partial charge in [-0.05, 0) is 32.8 Å². The van der Waals surface area contributed by atoms with Gasteiger partial charge in [0.25, 0.3) is 0 Å². The standard InChI is InChI=1S/C16H23NO2/c1-11(2)15(10-14-8-6-5-7-9-14)13(4)19-16(18)12(3)17/h5-9,12-13,15H,1,10,17H2,2-4H3/t12-,13?,15?/m0/s1. The monoisotopic (exact) mass is 261 g/mol. The first-order chi connectivity index (χ1) is 8.91. The number of rotatable bonds is 6. The minimum Gasteiger partial charge on any atom is -0.461 e. The molecule has 0 aliphatic carbocycles. The van der Waals surface area contributed by atoms with Gasteiger partial charge >= 0.3 is 5.97 Å². The number of ether oxygens (including phenoxy) is 1. The third-order valence-electron chi connectivity index (χ3n) is 3.17. The van der Waals surface area contributed by atoms with Crippen LogP contribution in [0.4, 0.5) is 0 Å². The second-order valence-corrected chi connectivity index (χ2v) is 5.07. The van der Waals surface area contributed by atoms with E-state index in [1.807, 2.05) is 32.0 Å². The Labute approximate surface area is 115 Å². The third-order valence-corrected chi connectivity index (χ3v) is 3.17. The normalized spacial score (nSPS) is 15.4. The molecule has 0 saturated heterocycles. The Balaban J connectivity index is 2.72. The Morgan fingerprint density at radius 1 is 1.32 bits per heavy atom. The highest BCUT2D eigenvalue weighted by molar-refractivity contribution is 5.75. The summed E-state index contributed by atoms with van der Waals surface area (Å²) in [4.78, 5) is 11.6. The maximum Gasteiger partial charge on any atom is 0.322 e. The molecule has 0 spiro atoms. The molecular formula is C16H23NO2. The molecule has 104 valence electrons. The zero-order chi connectivity index (χ0) is 14.4. The summed E-state index contributed by atoms with van der Waals surface area (Å²) in [6.07, 6.45) is 0.583. The van der Waals surface area contributed by atoms with Crippen molar-refractivity contribution in [3.63, 3.8) is 0 Å². The predicted molar refractivity (Wildman–Crippen MR) is 77.7 cm³/mol. The lowest BCUT2D eigenvalue weighted by Gasteiger charge is -2.25. The van der Waals surface area contributed by atoms with Crippen LogP contribution >= 0.6 is 0 Å². The van der Waals surface area contributed by atoms with E-state index >= 15 is 0 Å². The van der Waals surface area contributed by atoms with Crippen molar-refractivity contribution in [3.05, 3.63) is 48.0 Å². The molecule has 0 fully saturated rings. The number of nitrogens with two attached hydrogens (primary N) is 1. The van der Waals surface area contributed by atoms with Crippen LogP contribution in [0, 0.1) is 5.92 Å². The quantitative estimate of drug-likeness (QED) is 0.632. The topological polar surface area (TPSA) is 52.3 Å². The van der Waals surface area contributed by atoms with E-state index in [0.29, 0.717) is 0 Å². The molecule has 0 aliphatic heterocycles. The summed E-state index contributed by atoms with van der Waals surface area (Å²) in [7, 11) is 0. The largest absolute Gasteiger partial charge is 0.461 e. The summed E-state index contributed by atoms with van der Waals surface area (Å²) in [6, 6.07) is 9.53. The summed E-state index contributed by atoms with van der Waals surface area (Å²) < 4.78 is 5.38. The molecule has 0 bridgehead atoms. The Hall–Kier alpha value is -1.61. The van der Waals surface area contributed by atoms with Gasteiger partial charge in [-0.2, -0.15) is 0 Å². The first kappa shape index (κ1) is 15.4. The fourth-order valence-corrected chi connectivity index (χ4v) is 1.98. The molecule has 0 aromatic heterocycles. The van der Waals surface area contributed by atoms with E-state index in [9.17, 15) is 4.79 Å². The van der Waals surface area contributed by atoms with Gasteiger partial charge in [0, 0.05) is 5.92 Å². The molecule has 3 heteroatoms. The molecule has 3 nitrogen and oxygen atoms in total. The maximum atomic E-state index is 11.6. The second-order valence-electron chi connectivity index (χ2n) is 5.07. The molecule has 1 aromatic carbocycles. The van der Waals surface area contributed by atoms with Crippen molar-refractivity contribution in [1.29, 1.82) is 0 Å². The van der Waals surface area contributed by atoms with Gasteiger partial charge in [0.2, 0.25) is 0 Å². The van der Waals surface area contributed by atoms with E-state index < -0.39 is 6.04 Å². The molecule has 0 heterocycles. The first-order valence-corrected chi connectivity index (χ1v) is 6.57. The maximum absolute atomic E-state index is 11.6. The van der Waals surface area contributed by atoms with Gasteiger partial charge in [-0.1, -0.05) is 42.5 Å². The molecule has 1 rings (SSSR count). The molecule has 0 radical (unpaired) electrons. The lowest BCUT2D eigenvalue weighted by Crippen LogP contribution is -2.34. The van der Waals surface area contributed by atoms with Gasteiger partial charge in [0.1, 0.15) is 12.1 Å². The zero-order valence-corrected chi connectivity index (χ0v) is 11.9. The minimum absolute atomic E-state index is 0.102. The average Bonchev–Trinajstić information content (AvgIpc) is 2.36. The van der Waals surface area contributed by atoms with Crippen LogP contribution in [0.25, 0.3) is 0 Å². The lowest BCUT2D eigenvalue weighted by molar-refractivity contribution is -0.151. The highest BCUT2D eigenvalue weighted by atomic mass is 16.5. The summed E-state index contributed by atoms with van der Waals surface area (Å²) in [6.45, 7) is 9.48. The SMILES string of the molecule is C=C(C)C(Cc1ccccc1)C(C)OC(=O)[C@H](C)N. The summed E-state index contributed by atoms with van der Waals surface area (Å²) in [5, 5.41) is 0. The van der Waals surface area contributed by atoms with Crippen LogP contribution < -0.4 is 5.73 Å². The molecule has 2 N–H and O–H groups in total. The Morgan fingerprint density at radius 3 is 2.37 bits per heavy atom. The molecule has 0 aliphatic rings. The first-order valence-electron chi connectivity index (χ1n) is 6.57. The molecule has 0 amide bonds. The Kier molecular flexibility index (Phi) is 5.77. The van der Waals surface area contributed by atoms with E-state index in [1.54, 1.807) is 6.92 Å². The van der Waals surface area contributed by atoms with Crippen molar-refractivity contribution in [2.75, 3.05) is 0 Å². The van der Waals surface area contributed by atoms with Gasteiger partial charge in [-0.15, -0.1) is 0 Å². The van der Waals surface area contributed by atoms with Gasteiger partial charge in [-0.3, -0.25) is 4.79 Å². The molecule has 1 aromatic rings. The molecule has 0 saturated carbocycles. The highest BCUT2D eigenvalue weighted by Crippen LogP contribution is 2.22. The van der Waals surface area contributed by atoms with E-state index in [2.05, 4.69) is 18.7 Å². The van der Waals surface area contributed by atoms with Gasteiger partial charge in [-0.25, -0.2) is 0 Å². The van der Waals surface area contributed by atoms with E-state index in [1.165, 1.54) is 5.56 Å². The second kappa shape index (κ2) is 7.10. The average molecular weight is 261 g/mol. The minimum atomic E-state index is -0.593. The van der Waals surface area contributed by atoms with Crippen molar-refractivity contribution in [1.82, 2.24) is 0 Å². The van der Waals surface area contributed by atoms with Crippen molar-refractivity contribution in [3.8, 4) is 0 Å². The Bertz CT molecular complexity index is 426. The van der Waals surface area contributed by atoms with Gasteiger partial charge in [0.15, 0.2) is 0 Å². The number of hydrogen-bond donors (Lipinski definition) is 1. The number of carbonyl (C=O) groups is 1. The van der Waals surface area contributed by atoms with Crippen LogP contribution in [0.5, 0.6) is 0 Å². The van der Waals surface area contributed by atoms with Crippen molar-refractivity contribution < 1.29 is 9.53 Å². The number of benzene rings is 1. The van der Waals surface area contributed by atoms with Gasteiger partial charge < -0.3 is 10.5 Å². The van der Waals surface area contributed by atoms with Crippen LogP contribution in [0.3, 0.4) is 0 Å². The molecule has 19 heavy (non-hydrogen) atoms. The van der Waals surface area contributed by atoms with Gasteiger partial charge in [0.05, 0.1) is 0 Å². The molecule has 2 unspecified atom stereocenters. The van der Waals surface area contributed by atoms with Crippen LogP contribution in [0.15, 0.2) is 42.5 Å². The smallest absolute Gasteiger partial charge is 0.322 e. The number of esters is 1. The van der Waals surface area contributed by atoms with E-state index in [0.717, 1.165) is 12.0 Å². The summed E-state index contributed by atoms with van der Waals surface area (Å²) in [5.41, 5.74) is 7.73. The van der Waals surface area contributed by atoms with E-state index in [4.69, 9.17) is 10.5 Å². The Morgan fingerprint density at radius 2 is 1.89 bits per heavy atom. The third kappa shape index (κ3) is 4.87. The fraction of sp³-hybridized carbons (Fsp3) is 0.438. The fourth-order valence-electron chi connectivity index (χ4n) is 1.98. The molecular weight excluding hydrogens is 238 g/mol. The summed E-state index contributed by atoms with van der Waals surface area (Å²) in [5.74, 6) is -0.267. The van der Waals surface area contributed by atoms with E-state index in [-0.39, 0.29) is 18.0 Å². The van der Waals surface area contributed by atoms with Crippen molar-refractivity contribution >= 4 is 5.97 Å². The van der Waals surface area contributed by atoms with Crippen LogP contribution in [-0.4, -0.2) is 18.1 Å². The van der Waals surface area contributed by atoms with Crippen LogP contribution in [-0.2, 0) is 16.0 Å². The van der Waals surface area contributed by atoms with Crippen LogP contribution in [0.1, 0.15) is 26.3 Å². The molecule has 3 atom stereocenters. The zero-order valence-electron chi connectivity index (χ0n) is 11.9. The highest BCUT2D eigenvalue weighted by Gasteiger charge is 2.23. The number of hydrogen-bond acceptors (Lipinski definition) is 3. The lowest BCUT2D eigenvalue weighted by atomic mass is 9.89.